The molecule has 2 N–H and O–H groups in total. The summed E-state index contributed by atoms with van der Waals surface area (Å²) in [6.45, 7) is 1.52. The van der Waals surface area contributed by atoms with Crippen molar-refractivity contribution in [2.24, 2.45) is 11.7 Å². The van der Waals surface area contributed by atoms with E-state index in [1.807, 2.05) is 0 Å². The largest absolute Gasteiger partial charge is 0.494 e. The van der Waals surface area contributed by atoms with Crippen molar-refractivity contribution in [1.29, 1.82) is 0 Å². The van der Waals surface area contributed by atoms with Gasteiger partial charge < -0.3 is 15.2 Å². The number of halogens is 1. The zero-order valence-corrected chi connectivity index (χ0v) is 9.99. The van der Waals surface area contributed by atoms with E-state index in [0.29, 0.717) is 5.92 Å². The highest BCUT2D eigenvalue weighted by Gasteiger charge is 2.23. The molecule has 94 valence electrons. The van der Waals surface area contributed by atoms with E-state index < -0.39 is 0 Å². The Labute approximate surface area is 101 Å². The first-order chi connectivity index (χ1) is 8.22. The molecule has 0 bridgehead atoms. The van der Waals surface area contributed by atoms with Crippen LogP contribution in [0.3, 0.4) is 0 Å². The zero-order chi connectivity index (χ0) is 12.3. The monoisotopic (exact) mass is 239 g/mol. The Bertz CT molecular complexity index is 378. The summed E-state index contributed by atoms with van der Waals surface area (Å²) < 4.78 is 23.6. The predicted molar refractivity (Wildman–Crippen MR) is 63.4 cm³/mol. The van der Waals surface area contributed by atoms with Crippen LogP contribution in [0.4, 0.5) is 4.39 Å². The standard InChI is InChI=1S/C13H18FNO2/c1-16-12-8-10(2-3-11(12)14)13(15)9-4-6-17-7-5-9/h2-3,8-9,13H,4-7,15H2,1H3/t13-/m0/s1. The Morgan fingerprint density at radius 1 is 1.41 bits per heavy atom. The van der Waals surface area contributed by atoms with Gasteiger partial charge in [0.1, 0.15) is 0 Å². The van der Waals surface area contributed by atoms with Gasteiger partial charge in [-0.05, 0) is 36.5 Å². The summed E-state index contributed by atoms with van der Waals surface area (Å²) >= 11 is 0. The van der Waals surface area contributed by atoms with E-state index in [9.17, 15) is 4.39 Å². The molecule has 1 aliphatic heterocycles. The van der Waals surface area contributed by atoms with E-state index in [0.717, 1.165) is 31.6 Å². The first-order valence-corrected chi connectivity index (χ1v) is 5.89. The lowest BCUT2D eigenvalue weighted by atomic mass is 9.88. The quantitative estimate of drug-likeness (QED) is 0.880. The molecule has 0 aromatic heterocycles. The average molecular weight is 239 g/mol. The molecule has 1 aromatic carbocycles. The Kier molecular flexibility index (Phi) is 3.97. The molecule has 1 atom stereocenters. The van der Waals surface area contributed by atoms with Crippen LogP contribution in [0.5, 0.6) is 5.75 Å². The summed E-state index contributed by atoms with van der Waals surface area (Å²) in [4.78, 5) is 0. The number of nitrogens with two attached hydrogens (primary N) is 1. The molecule has 1 fully saturated rings. The number of hydrogen-bond acceptors (Lipinski definition) is 3. The minimum atomic E-state index is -0.351. The summed E-state index contributed by atoms with van der Waals surface area (Å²) in [5, 5.41) is 0. The van der Waals surface area contributed by atoms with Crippen molar-refractivity contribution >= 4 is 0 Å². The third-order valence-corrected chi connectivity index (χ3v) is 3.33. The maximum absolute atomic E-state index is 13.3. The molecule has 2 rings (SSSR count). The molecule has 1 saturated heterocycles. The average Bonchev–Trinajstić information content (AvgIpc) is 2.39. The first kappa shape index (κ1) is 12.3. The molecular weight excluding hydrogens is 221 g/mol. The number of hydrogen-bond donors (Lipinski definition) is 1. The van der Waals surface area contributed by atoms with Crippen LogP contribution in [0.1, 0.15) is 24.4 Å². The highest BCUT2D eigenvalue weighted by molar-refractivity contribution is 5.32. The van der Waals surface area contributed by atoms with E-state index in [1.54, 1.807) is 12.1 Å². The van der Waals surface area contributed by atoms with Gasteiger partial charge in [0.25, 0.3) is 0 Å². The molecule has 0 amide bonds. The van der Waals surface area contributed by atoms with Crippen molar-refractivity contribution in [1.82, 2.24) is 0 Å². The molecule has 1 aromatic rings. The van der Waals surface area contributed by atoms with Crippen LogP contribution in [-0.4, -0.2) is 20.3 Å². The third-order valence-electron chi connectivity index (χ3n) is 3.33. The van der Waals surface area contributed by atoms with Crippen molar-refractivity contribution in [3.05, 3.63) is 29.6 Å². The van der Waals surface area contributed by atoms with Gasteiger partial charge in [-0.25, -0.2) is 4.39 Å². The van der Waals surface area contributed by atoms with Gasteiger partial charge in [-0.15, -0.1) is 0 Å². The molecule has 0 saturated carbocycles. The Morgan fingerprint density at radius 2 is 2.12 bits per heavy atom. The van der Waals surface area contributed by atoms with Crippen molar-refractivity contribution in [3.63, 3.8) is 0 Å². The Hall–Kier alpha value is -1.13. The van der Waals surface area contributed by atoms with Gasteiger partial charge >= 0.3 is 0 Å². The second-order valence-corrected chi connectivity index (χ2v) is 4.37. The SMILES string of the molecule is COc1cc([C@@H](N)C2CCOCC2)ccc1F. The van der Waals surface area contributed by atoms with Crippen molar-refractivity contribution in [2.75, 3.05) is 20.3 Å². The lowest BCUT2D eigenvalue weighted by Crippen LogP contribution is -2.27. The molecule has 4 heteroatoms. The maximum atomic E-state index is 13.3. The molecule has 0 spiro atoms. The van der Waals surface area contributed by atoms with Crippen LogP contribution >= 0.6 is 0 Å². The summed E-state index contributed by atoms with van der Waals surface area (Å²) in [7, 11) is 1.46. The lowest BCUT2D eigenvalue weighted by molar-refractivity contribution is 0.0583. The van der Waals surface area contributed by atoms with Gasteiger partial charge in [0.15, 0.2) is 11.6 Å². The van der Waals surface area contributed by atoms with Crippen LogP contribution in [0.25, 0.3) is 0 Å². The molecule has 0 unspecified atom stereocenters. The minimum absolute atomic E-state index is 0.0756. The number of methoxy groups -OCH3 is 1. The van der Waals surface area contributed by atoms with E-state index in [4.69, 9.17) is 15.2 Å². The van der Waals surface area contributed by atoms with E-state index in [2.05, 4.69) is 0 Å². The van der Waals surface area contributed by atoms with Crippen molar-refractivity contribution in [2.45, 2.75) is 18.9 Å². The van der Waals surface area contributed by atoms with Crippen LogP contribution < -0.4 is 10.5 Å². The minimum Gasteiger partial charge on any atom is -0.494 e. The highest BCUT2D eigenvalue weighted by atomic mass is 19.1. The Balaban J connectivity index is 2.15. The molecule has 0 aliphatic carbocycles. The molecule has 17 heavy (non-hydrogen) atoms. The number of ether oxygens (including phenoxy) is 2. The van der Waals surface area contributed by atoms with E-state index >= 15 is 0 Å². The summed E-state index contributed by atoms with van der Waals surface area (Å²) in [6.07, 6.45) is 1.92. The van der Waals surface area contributed by atoms with Gasteiger partial charge in [-0.1, -0.05) is 6.07 Å². The summed E-state index contributed by atoms with van der Waals surface area (Å²) in [6, 6.07) is 4.76. The van der Waals surface area contributed by atoms with Gasteiger partial charge in [-0.3, -0.25) is 0 Å². The van der Waals surface area contributed by atoms with Crippen LogP contribution in [-0.2, 0) is 4.74 Å². The number of rotatable bonds is 3. The fourth-order valence-corrected chi connectivity index (χ4v) is 2.23. The summed E-state index contributed by atoms with van der Waals surface area (Å²) in [5.41, 5.74) is 7.14. The van der Waals surface area contributed by atoms with Crippen molar-refractivity contribution in [3.8, 4) is 5.75 Å². The topological polar surface area (TPSA) is 44.5 Å². The molecular formula is C13H18FNO2. The number of benzene rings is 1. The molecule has 3 nitrogen and oxygen atoms in total. The van der Waals surface area contributed by atoms with Crippen LogP contribution in [0, 0.1) is 11.7 Å². The van der Waals surface area contributed by atoms with E-state index in [-0.39, 0.29) is 17.6 Å². The van der Waals surface area contributed by atoms with E-state index in [1.165, 1.54) is 13.2 Å². The van der Waals surface area contributed by atoms with Gasteiger partial charge in [-0.2, -0.15) is 0 Å². The van der Waals surface area contributed by atoms with Gasteiger partial charge in [0.05, 0.1) is 7.11 Å². The Morgan fingerprint density at radius 3 is 2.76 bits per heavy atom. The predicted octanol–water partition coefficient (Wildman–Crippen LogP) is 2.26. The van der Waals surface area contributed by atoms with Crippen molar-refractivity contribution < 1.29 is 13.9 Å². The highest BCUT2D eigenvalue weighted by Crippen LogP contribution is 2.30. The second kappa shape index (κ2) is 5.47. The molecule has 1 aliphatic rings. The first-order valence-electron chi connectivity index (χ1n) is 5.89. The van der Waals surface area contributed by atoms with Crippen LogP contribution in [0.2, 0.25) is 0 Å². The smallest absolute Gasteiger partial charge is 0.165 e. The van der Waals surface area contributed by atoms with Gasteiger partial charge in [0.2, 0.25) is 0 Å². The van der Waals surface area contributed by atoms with Gasteiger partial charge in [0, 0.05) is 19.3 Å². The fraction of sp³-hybridized carbons (Fsp3) is 0.538. The molecule has 0 radical (unpaired) electrons. The molecule has 1 heterocycles. The lowest BCUT2D eigenvalue weighted by Gasteiger charge is -2.28. The summed E-state index contributed by atoms with van der Waals surface area (Å²) in [5.74, 6) is 0.305. The zero-order valence-electron chi connectivity index (χ0n) is 9.99. The fourth-order valence-electron chi connectivity index (χ4n) is 2.23. The maximum Gasteiger partial charge on any atom is 0.165 e. The third kappa shape index (κ3) is 2.76. The second-order valence-electron chi connectivity index (χ2n) is 4.37. The van der Waals surface area contributed by atoms with Crippen LogP contribution in [0.15, 0.2) is 18.2 Å². The normalized spacial score (nSPS) is 19.0.